The number of ether oxygens (including phenoxy) is 1. The molecular formula is C14H21N3O3. The van der Waals surface area contributed by atoms with Gasteiger partial charge in [-0.2, -0.15) is 4.98 Å². The van der Waals surface area contributed by atoms with Crippen LogP contribution in [-0.4, -0.2) is 34.2 Å². The molecule has 1 saturated carbocycles. The molecule has 2 atom stereocenters. The molecule has 6 heteroatoms. The van der Waals surface area contributed by atoms with E-state index in [2.05, 4.69) is 15.3 Å². The number of carbonyl (C=O) groups is 1. The summed E-state index contributed by atoms with van der Waals surface area (Å²) in [7, 11) is 0. The molecule has 0 radical (unpaired) electrons. The maximum atomic E-state index is 11.1. The topological polar surface area (TPSA) is 84.3 Å². The van der Waals surface area contributed by atoms with Crippen LogP contribution in [0.25, 0.3) is 0 Å². The van der Waals surface area contributed by atoms with Gasteiger partial charge in [-0.25, -0.2) is 4.98 Å². The van der Waals surface area contributed by atoms with Crippen molar-refractivity contribution in [3.8, 4) is 5.88 Å². The first-order valence-corrected chi connectivity index (χ1v) is 7.05. The van der Waals surface area contributed by atoms with Gasteiger partial charge in [0.1, 0.15) is 11.6 Å². The van der Waals surface area contributed by atoms with E-state index in [1.807, 2.05) is 13.8 Å². The molecule has 0 aliphatic heterocycles. The fourth-order valence-electron chi connectivity index (χ4n) is 2.69. The Kier molecular flexibility index (Phi) is 4.76. The second-order valence-corrected chi connectivity index (χ2v) is 5.09. The Labute approximate surface area is 118 Å². The van der Waals surface area contributed by atoms with Crippen molar-refractivity contribution in [1.82, 2.24) is 9.97 Å². The Balaban J connectivity index is 1.98. The number of carboxylic acid groups (broad SMARTS) is 1. The third-order valence-corrected chi connectivity index (χ3v) is 3.63. The highest BCUT2D eigenvalue weighted by Gasteiger charge is 2.32. The largest absolute Gasteiger partial charge is 0.481 e. The van der Waals surface area contributed by atoms with E-state index in [4.69, 9.17) is 9.84 Å². The Morgan fingerprint density at radius 2 is 2.30 bits per heavy atom. The Morgan fingerprint density at radius 3 is 3.00 bits per heavy atom. The number of anilines is 1. The van der Waals surface area contributed by atoms with Crippen LogP contribution in [0.5, 0.6) is 5.88 Å². The normalized spacial score (nSPS) is 21.7. The first-order chi connectivity index (χ1) is 9.60. The monoisotopic (exact) mass is 279 g/mol. The highest BCUT2D eigenvalue weighted by atomic mass is 16.5. The van der Waals surface area contributed by atoms with Crippen molar-refractivity contribution < 1.29 is 14.6 Å². The molecule has 2 rings (SSSR count). The van der Waals surface area contributed by atoms with Gasteiger partial charge in [-0.05, 0) is 32.6 Å². The van der Waals surface area contributed by atoms with Crippen molar-refractivity contribution in [3.63, 3.8) is 0 Å². The van der Waals surface area contributed by atoms with Crippen LogP contribution in [0.1, 0.15) is 32.0 Å². The standard InChI is InChI=1S/C14H21N3O3/c1-3-20-13-7-12(16-9(2)17-13)15-8-10-5-4-6-11(10)14(18)19/h7,10-11H,3-6,8H2,1-2H3,(H,18,19)(H,15,16,17). The zero-order chi connectivity index (χ0) is 14.5. The van der Waals surface area contributed by atoms with Gasteiger partial charge in [0, 0.05) is 12.6 Å². The molecule has 1 aromatic heterocycles. The molecule has 0 spiro atoms. The van der Waals surface area contributed by atoms with Crippen molar-refractivity contribution >= 4 is 11.8 Å². The van der Waals surface area contributed by atoms with Crippen molar-refractivity contribution in [2.75, 3.05) is 18.5 Å². The minimum absolute atomic E-state index is 0.165. The van der Waals surface area contributed by atoms with Gasteiger partial charge in [0.15, 0.2) is 0 Å². The first-order valence-electron chi connectivity index (χ1n) is 7.05. The molecule has 1 fully saturated rings. The van der Waals surface area contributed by atoms with E-state index in [1.165, 1.54) is 0 Å². The molecule has 1 aliphatic rings. The molecule has 1 aliphatic carbocycles. The Morgan fingerprint density at radius 1 is 1.50 bits per heavy atom. The number of carboxylic acids is 1. The van der Waals surface area contributed by atoms with E-state index in [1.54, 1.807) is 6.07 Å². The first kappa shape index (κ1) is 14.6. The molecule has 6 nitrogen and oxygen atoms in total. The molecule has 1 heterocycles. The molecule has 110 valence electrons. The van der Waals surface area contributed by atoms with Crippen LogP contribution in [-0.2, 0) is 4.79 Å². The second kappa shape index (κ2) is 6.54. The lowest BCUT2D eigenvalue weighted by molar-refractivity contribution is -0.142. The summed E-state index contributed by atoms with van der Waals surface area (Å²) in [6, 6.07) is 1.75. The number of aryl methyl sites for hydroxylation is 1. The predicted octanol–water partition coefficient (Wildman–Crippen LogP) is 2.10. The van der Waals surface area contributed by atoms with E-state index in [0.29, 0.717) is 30.7 Å². The van der Waals surface area contributed by atoms with E-state index < -0.39 is 5.97 Å². The number of aliphatic carboxylic acids is 1. The van der Waals surface area contributed by atoms with E-state index in [0.717, 1.165) is 19.3 Å². The molecule has 2 unspecified atom stereocenters. The molecule has 0 bridgehead atoms. The smallest absolute Gasteiger partial charge is 0.306 e. The van der Waals surface area contributed by atoms with Crippen LogP contribution in [0.3, 0.4) is 0 Å². The van der Waals surface area contributed by atoms with E-state index in [9.17, 15) is 4.79 Å². The summed E-state index contributed by atoms with van der Waals surface area (Å²) < 4.78 is 5.37. The maximum Gasteiger partial charge on any atom is 0.306 e. The van der Waals surface area contributed by atoms with Gasteiger partial charge in [-0.3, -0.25) is 4.79 Å². The molecule has 0 aromatic carbocycles. The minimum atomic E-state index is -0.692. The molecule has 0 amide bonds. The van der Waals surface area contributed by atoms with Crippen molar-refractivity contribution in [2.24, 2.45) is 11.8 Å². The SMILES string of the molecule is CCOc1cc(NCC2CCCC2C(=O)O)nc(C)n1. The Bertz CT molecular complexity index is 479. The second-order valence-electron chi connectivity index (χ2n) is 5.09. The average Bonchev–Trinajstić information content (AvgIpc) is 2.84. The summed E-state index contributed by atoms with van der Waals surface area (Å²) in [6.07, 6.45) is 2.71. The fourth-order valence-corrected chi connectivity index (χ4v) is 2.69. The number of hydrogen-bond acceptors (Lipinski definition) is 5. The van der Waals surface area contributed by atoms with Gasteiger partial charge in [0.2, 0.25) is 5.88 Å². The summed E-state index contributed by atoms with van der Waals surface area (Å²) in [5.41, 5.74) is 0. The van der Waals surface area contributed by atoms with Crippen LogP contribution >= 0.6 is 0 Å². The third-order valence-electron chi connectivity index (χ3n) is 3.63. The lowest BCUT2D eigenvalue weighted by Gasteiger charge is -2.17. The number of hydrogen-bond donors (Lipinski definition) is 2. The lowest BCUT2D eigenvalue weighted by atomic mass is 9.96. The van der Waals surface area contributed by atoms with Gasteiger partial charge in [-0.15, -0.1) is 0 Å². The summed E-state index contributed by atoms with van der Waals surface area (Å²) in [4.78, 5) is 19.6. The van der Waals surface area contributed by atoms with Crippen molar-refractivity contribution in [2.45, 2.75) is 33.1 Å². The highest BCUT2D eigenvalue weighted by molar-refractivity contribution is 5.70. The van der Waals surface area contributed by atoms with Crippen molar-refractivity contribution in [3.05, 3.63) is 11.9 Å². The zero-order valence-electron chi connectivity index (χ0n) is 11.9. The van der Waals surface area contributed by atoms with Crippen LogP contribution in [0.4, 0.5) is 5.82 Å². The van der Waals surface area contributed by atoms with Crippen LogP contribution in [0, 0.1) is 18.8 Å². The number of nitrogens with one attached hydrogen (secondary N) is 1. The Hall–Kier alpha value is -1.85. The number of aromatic nitrogens is 2. The molecule has 0 saturated heterocycles. The molecule has 2 N–H and O–H groups in total. The molecular weight excluding hydrogens is 258 g/mol. The lowest BCUT2D eigenvalue weighted by Crippen LogP contribution is -2.24. The van der Waals surface area contributed by atoms with Gasteiger partial charge in [0.25, 0.3) is 0 Å². The van der Waals surface area contributed by atoms with Gasteiger partial charge >= 0.3 is 5.97 Å². The number of rotatable bonds is 6. The molecule has 1 aromatic rings. The minimum Gasteiger partial charge on any atom is -0.481 e. The van der Waals surface area contributed by atoms with Crippen LogP contribution in [0.2, 0.25) is 0 Å². The van der Waals surface area contributed by atoms with Gasteiger partial charge < -0.3 is 15.2 Å². The summed E-state index contributed by atoms with van der Waals surface area (Å²) in [6.45, 7) is 4.89. The maximum absolute atomic E-state index is 11.1. The molecule has 20 heavy (non-hydrogen) atoms. The van der Waals surface area contributed by atoms with Crippen LogP contribution < -0.4 is 10.1 Å². The quantitative estimate of drug-likeness (QED) is 0.829. The predicted molar refractivity (Wildman–Crippen MR) is 74.9 cm³/mol. The zero-order valence-corrected chi connectivity index (χ0v) is 11.9. The summed E-state index contributed by atoms with van der Waals surface area (Å²) in [5.74, 6) is 1.11. The van der Waals surface area contributed by atoms with Crippen molar-refractivity contribution in [1.29, 1.82) is 0 Å². The van der Waals surface area contributed by atoms with Gasteiger partial charge in [-0.1, -0.05) is 6.42 Å². The van der Waals surface area contributed by atoms with E-state index >= 15 is 0 Å². The summed E-state index contributed by atoms with van der Waals surface area (Å²) >= 11 is 0. The third kappa shape index (κ3) is 3.59. The summed E-state index contributed by atoms with van der Waals surface area (Å²) in [5, 5.41) is 12.4. The number of nitrogens with zero attached hydrogens (tertiary/aromatic N) is 2. The highest BCUT2D eigenvalue weighted by Crippen LogP contribution is 2.32. The van der Waals surface area contributed by atoms with Crippen LogP contribution in [0.15, 0.2) is 6.07 Å². The average molecular weight is 279 g/mol. The fraction of sp³-hybridized carbons (Fsp3) is 0.643. The van der Waals surface area contributed by atoms with Gasteiger partial charge in [0.05, 0.1) is 12.5 Å². The van der Waals surface area contributed by atoms with E-state index in [-0.39, 0.29) is 11.8 Å².